The molecule has 0 spiro atoms. The van der Waals surface area contributed by atoms with Crippen molar-refractivity contribution in [2.24, 2.45) is 0 Å². The van der Waals surface area contributed by atoms with Gasteiger partial charge >= 0.3 is 0 Å². The molecule has 3 aromatic carbocycles. The molecule has 156 valence electrons. The topological polar surface area (TPSA) is 46.6 Å². The zero-order chi connectivity index (χ0) is 22.0. The van der Waals surface area contributed by atoms with Crippen molar-refractivity contribution in [1.29, 1.82) is 0 Å². The number of rotatable bonds is 5. The Bertz CT molecular complexity index is 1180. The number of hydrogen-bond donors (Lipinski definition) is 0. The van der Waals surface area contributed by atoms with Crippen molar-refractivity contribution in [2.75, 3.05) is 4.90 Å². The largest absolute Gasteiger partial charge is 0.488 e. The molecule has 5 heteroatoms. The minimum Gasteiger partial charge on any atom is -0.488 e. The molecule has 0 atom stereocenters. The van der Waals surface area contributed by atoms with Crippen molar-refractivity contribution in [3.63, 3.8) is 0 Å². The molecule has 3 aromatic rings. The predicted molar refractivity (Wildman–Crippen MR) is 126 cm³/mol. The second kappa shape index (κ2) is 8.82. The number of aryl methyl sites for hydroxylation is 2. The fourth-order valence-electron chi connectivity index (χ4n) is 3.37. The van der Waals surface area contributed by atoms with Gasteiger partial charge in [0, 0.05) is 5.56 Å². The van der Waals surface area contributed by atoms with Crippen LogP contribution in [0.2, 0.25) is 0 Å². The number of imide groups is 1. The van der Waals surface area contributed by atoms with E-state index < -0.39 is 0 Å². The van der Waals surface area contributed by atoms with Crippen molar-refractivity contribution in [3.05, 3.63) is 99.5 Å². The Morgan fingerprint density at radius 3 is 2.42 bits per heavy atom. The van der Waals surface area contributed by atoms with Crippen LogP contribution in [-0.4, -0.2) is 11.1 Å². The summed E-state index contributed by atoms with van der Waals surface area (Å²) in [6.45, 7) is 6.36. The van der Waals surface area contributed by atoms with Crippen molar-refractivity contribution < 1.29 is 14.3 Å². The Morgan fingerprint density at radius 2 is 1.65 bits per heavy atom. The summed E-state index contributed by atoms with van der Waals surface area (Å²) in [4.78, 5) is 27.4. The highest BCUT2D eigenvalue weighted by Crippen LogP contribution is 2.38. The van der Waals surface area contributed by atoms with Gasteiger partial charge < -0.3 is 4.74 Å². The smallest absolute Gasteiger partial charge is 0.298 e. The predicted octanol–water partition coefficient (Wildman–Crippen LogP) is 6.43. The van der Waals surface area contributed by atoms with Gasteiger partial charge in [-0.1, -0.05) is 60.2 Å². The Hall–Kier alpha value is -3.31. The zero-order valence-electron chi connectivity index (χ0n) is 17.7. The van der Waals surface area contributed by atoms with Gasteiger partial charge in [-0.05, 0) is 67.4 Å². The fraction of sp³-hybridized carbons (Fsp3) is 0.154. The highest BCUT2D eigenvalue weighted by molar-refractivity contribution is 8.19. The quantitative estimate of drug-likeness (QED) is 0.438. The van der Waals surface area contributed by atoms with E-state index in [1.54, 1.807) is 12.1 Å². The second-order valence-electron chi connectivity index (χ2n) is 7.55. The summed E-state index contributed by atoms with van der Waals surface area (Å²) >= 11 is 0.954. The molecule has 1 aliphatic rings. The van der Waals surface area contributed by atoms with Crippen LogP contribution in [0.25, 0.3) is 6.08 Å². The maximum absolute atomic E-state index is 13.1. The molecule has 31 heavy (non-hydrogen) atoms. The van der Waals surface area contributed by atoms with Crippen molar-refractivity contribution in [3.8, 4) is 5.75 Å². The number of anilines is 1. The molecule has 0 bridgehead atoms. The molecule has 1 aliphatic heterocycles. The summed E-state index contributed by atoms with van der Waals surface area (Å²) in [6, 6.07) is 21.3. The summed E-state index contributed by atoms with van der Waals surface area (Å²) in [5, 5.41) is -0.289. The summed E-state index contributed by atoms with van der Waals surface area (Å²) < 4.78 is 6.02. The number of carbonyl (C=O) groups is 2. The lowest BCUT2D eigenvalue weighted by atomic mass is 10.1. The molecule has 1 heterocycles. The number of carbonyl (C=O) groups excluding carboxylic acids is 2. The third-order valence-electron chi connectivity index (χ3n) is 5.33. The first kappa shape index (κ1) is 20.9. The average molecular weight is 430 g/mol. The van der Waals surface area contributed by atoms with Crippen LogP contribution in [0.3, 0.4) is 0 Å². The molecular weight excluding hydrogens is 406 g/mol. The molecule has 4 rings (SSSR count). The third kappa shape index (κ3) is 4.42. The molecule has 0 aromatic heterocycles. The Kier molecular flexibility index (Phi) is 5.96. The van der Waals surface area contributed by atoms with Crippen LogP contribution < -0.4 is 9.64 Å². The maximum atomic E-state index is 13.1. The van der Waals surface area contributed by atoms with Crippen molar-refractivity contribution >= 4 is 34.7 Å². The third-order valence-corrected chi connectivity index (χ3v) is 6.20. The summed E-state index contributed by atoms with van der Waals surface area (Å²) in [7, 11) is 0. The van der Waals surface area contributed by atoms with Gasteiger partial charge in [-0.3, -0.25) is 9.59 Å². The molecule has 1 saturated heterocycles. The minimum absolute atomic E-state index is 0.289. The Morgan fingerprint density at radius 1 is 0.903 bits per heavy atom. The number of thioether (sulfide) groups is 1. The van der Waals surface area contributed by atoms with E-state index in [1.165, 1.54) is 10.5 Å². The van der Waals surface area contributed by atoms with Gasteiger partial charge in [0.1, 0.15) is 12.4 Å². The standard InChI is InChI=1S/C26H23NO3S/c1-17-11-13-20(14-12-17)16-30-23-10-5-4-8-21(23)15-24-25(28)27(26(29)31-24)22-9-6-7-18(2)19(22)3/h4-15H,16H2,1-3H3/b24-15-. The van der Waals surface area contributed by atoms with E-state index in [-0.39, 0.29) is 11.1 Å². The minimum atomic E-state index is -0.308. The number of para-hydroxylation sites is 1. The Balaban J connectivity index is 1.59. The highest BCUT2D eigenvalue weighted by Gasteiger charge is 2.37. The first-order valence-corrected chi connectivity index (χ1v) is 10.9. The first-order valence-electron chi connectivity index (χ1n) is 10.1. The monoisotopic (exact) mass is 429 g/mol. The van der Waals surface area contributed by atoms with Crippen LogP contribution in [-0.2, 0) is 11.4 Å². The molecule has 0 aliphatic carbocycles. The van der Waals surface area contributed by atoms with Gasteiger partial charge in [-0.15, -0.1) is 0 Å². The summed E-state index contributed by atoms with van der Waals surface area (Å²) in [5.41, 5.74) is 5.62. The molecule has 1 fully saturated rings. The van der Waals surface area contributed by atoms with Crippen molar-refractivity contribution in [2.45, 2.75) is 27.4 Å². The van der Waals surface area contributed by atoms with Crippen LogP contribution in [0.15, 0.2) is 71.6 Å². The zero-order valence-corrected chi connectivity index (χ0v) is 18.5. The maximum Gasteiger partial charge on any atom is 0.298 e. The van der Waals surface area contributed by atoms with Gasteiger partial charge in [0.05, 0.1) is 10.6 Å². The van der Waals surface area contributed by atoms with Gasteiger partial charge in [-0.25, -0.2) is 4.90 Å². The molecule has 0 saturated carbocycles. The number of hydrogen-bond acceptors (Lipinski definition) is 4. The lowest BCUT2D eigenvalue weighted by Gasteiger charge is -2.16. The van der Waals surface area contributed by atoms with Crippen LogP contribution >= 0.6 is 11.8 Å². The molecular formula is C26H23NO3S. The van der Waals surface area contributed by atoms with Gasteiger partial charge in [0.2, 0.25) is 0 Å². The molecule has 2 amide bonds. The van der Waals surface area contributed by atoms with Crippen LogP contribution in [0.1, 0.15) is 27.8 Å². The summed E-state index contributed by atoms with van der Waals surface area (Å²) in [6.07, 6.45) is 1.74. The van der Waals surface area contributed by atoms with Crippen LogP contribution in [0.4, 0.5) is 10.5 Å². The fourth-order valence-corrected chi connectivity index (χ4v) is 4.20. The van der Waals surface area contributed by atoms with E-state index in [1.807, 2.05) is 81.4 Å². The van der Waals surface area contributed by atoms with Gasteiger partial charge in [0.25, 0.3) is 11.1 Å². The van der Waals surface area contributed by atoms with Gasteiger partial charge in [-0.2, -0.15) is 0 Å². The molecule has 4 nitrogen and oxygen atoms in total. The second-order valence-corrected chi connectivity index (χ2v) is 8.54. The van der Waals surface area contributed by atoms with E-state index in [9.17, 15) is 9.59 Å². The Labute approximate surface area is 186 Å². The van der Waals surface area contributed by atoms with Crippen LogP contribution in [0.5, 0.6) is 5.75 Å². The van der Waals surface area contributed by atoms with E-state index in [4.69, 9.17) is 4.74 Å². The number of nitrogens with zero attached hydrogens (tertiary/aromatic N) is 1. The van der Waals surface area contributed by atoms with E-state index in [0.717, 1.165) is 34.0 Å². The van der Waals surface area contributed by atoms with E-state index in [0.29, 0.717) is 22.9 Å². The van der Waals surface area contributed by atoms with Crippen molar-refractivity contribution in [1.82, 2.24) is 0 Å². The van der Waals surface area contributed by atoms with Gasteiger partial charge in [0.15, 0.2) is 0 Å². The average Bonchev–Trinajstić information content (AvgIpc) is 3.03. The number of amides is 2. The summed E-state index contributed by atoms with van der Waals surface area (Å²) in [5.74, 6) is 0.360. The number of ether oxygens (including phenoxy) is 1. The SMILES string of the molecule is Cc1ccc(COc2ccccc2/C=C2\SC(=O)N(c3cccc(C)c3C)C2=O)cc1. The highest BCUT2D eigenvalue weighted by atomic mass is 32.2. The van der Waals surface area contributed by atoms with Crippen LogP contribution in [0, 0.1) is 20.8 Å². The first-order chi connectivity index (χ1) is 14.9. The van der Waals surface area contributed by atoms with E-state index >= 15 is 0 Å². The molecule has 0 unspecified atom stereocenters. The van der Waals surface area contributed by atoms with E-state index in [2.05, 4.69) is 0 Å². The number of benzene rings is 3. The molecule has 0 N–H and O–H groups in total. The lowest BCUT2D eigenvalue weighted by Crippen LogP contribution is -2.28. The normalized spacial score (nSPS) is 15.1. The lowest BCUT2D eigenvalue weighted by molar-refractivity contribution is -0.113. The molecule has 0 radical (unpaired) electrons.